The first-order valence-corrected chi connectivity index (χ1v) is 8.65. The van der Waals surface area contributed by atoms with Crippen LogP contribution >= 0.6 is 0 Å². The number of carbonyl (C=O) groups excluding carboxylic acids is 2. The highest BCUT2D eigenvalue weighted by atomic mass is 16.5. The average molecular weight is 307 g/mol. The van der Waals surface area contributed by atoms with E-state index in [1.54, 1.807) is 0 Å². The lowest BCUT2D eigenvalue weighted by Crippen LogP contribution is -2.45. The minimum atomic E-state index is -0.243. The Morgan fingerprint density at radius 3 is 2.59 bits per heavy atom. The predicted octanol–water partition coefficient (Wildman–Crippen LogP) is 2.97. The van der Waals surface area contributed by atoms with Crippen LogP contribution in [0.15, 0.2) is 11.1 Å². The van der Waals surface area contributed by atoms with Crippen molar-refractivity contribution in [1.82, 2.24) is 4.90 Å². The van der Waals surface area contributed by atoms with Crippen LogP contribution < -0.4 is 0 Å². The van der Waals surface area contributed by atoms with Crippen molar-refractivity contribution in [3.8, 4) is 0 Å². The van der Waals surface area contributed by atoms with Crippen LogP contribution in [0.4, 0.5) is 0 Å². The molecule has 0 aromatic rings. The summed E-state index contributed by atoms with van der Waals surface area (Å²) in [5.74, 6) is 0.559. The molecule has 0 aromatic heterocycles. The summed E-state index contributed by atoms with van der Waals surface area (Å²) in [6.45, 7) is 9.85. The second-order valence-electron chi connectivity index (χ2n) is 6.84. The molecule has 1 aliphatic heterocycles. The highest BCUT2D eigenvalue weighted by Gasteiger charge is 2.42. The Kier molecular flexibility index (Phi) is 5.79. The molecule has 0 radical (unpaired) electrons. The Hall–Kier alpha value is -1.16. The van der Waals surface area contributed by atoms with Gasteiger partial charge in [-0.1, -0.05) is 33.6 Å². The number of Topliss-reactive ketones (excluding diaryl/α,β-unsaturated/α-hetero) is 1. The van der Waals surface area contributed by atoms with E-state index in [0.717, 1.165) is 37.8 Å². The molecule has 0 amide bonds. The van der Waals surface area contributed by atoms with Gasteiger partial charge in [0.2, 0.25) is 0 Å². The molecule has 4 heteroatoms. The van der Waals surface area contributed by atoms with E-state index in [9.17, 15) is 9.59 Å². The van der Waals surface area contributed by atoms with Crippen molar-refractivity contribution >= 4 is 11.8 Å². The maximum atomic E-state index is 12.5. The standard InChI is InChI=1S/C18H29NO3/c1-5-7-8-13-9-14-10-19(11-15(14)17(13)20)16(12(3)4)18(21)22-6-2/h12-13,16H,5-11H2,1-4H3/t13?,16-/m0/s1. The van der Waals surface area contributed by atoms with Crippen LogP contribution in [0.3, 0.4) is 0 Å². The molecule has 22 heavy (non-hydrogen) atoms. The van der Waals surface area contributed by atoms with Gasteiger partial charge in [0, 0.05) is 24.6 Å². The maximum absolute atomic E-state index is 12.5. The number of esters is 1. The van der Waals surface area contributed by atoms with Crippen molar-refractivity contribution in [2.75, 3.05) is 19.7 Å². The number of nitrogens with zero attached hydrogens (tertiary/aromatic N) is 1. The molecule has 4 nitrogen and oxygen atoms in total. The van der Waals surface area contributed by atoms with Gasteiger partial charge in [-0.05, 0) is 31.3 Å². The smallest absolute Gasteiger partial charge is 0.323 e. The maximum Gasteiger partial charge on any atom is 0.323 e. The fourth-order valence-electron chi connectivity index (χ4n) is 3.74. The Balaban J connectivity index is 2.00. The van der Waals surface area contributed by atoms with Crippen molar-refractivity contribution in [2.45, 2.75) is 59.4 Å². The second kappa shape index (κ2) is 7.40. The molecule has 0 bridgehead atoms. The first-order valence-electron chi connectivity index (χ1n) is 8.65. The summed E-state index contributed by atoms with van der Waals surface area (Å²) in [5.41, 5.74) is 2.25. The summed E-state index contributed by atoms with van der Waals surface area (Å²) >= 11 is 0. The van der Waals surface area contributed by atoms with Crippen LogP contribution in [-0.4, -0.2) is 42.4 Å². The van der Waals surface area contributed by atoms with Gasteiger partial charge in [0.1, 0.15) is 6.04 Å². The average Bonchev–Trinajstić information content (AvgIpc) is 2.97. The molecule has 0 N–H and O–H groups in total. The minimum Gasteiger partial charge on any atom is -0.465 e. The lowest BCUT2D eigenvalue weighted by Gasteiger charge is -2.30. The Labute approximate surface area is 133 Å². The molecule has 1 heterocycles. The van der Waals surface area contributed by atoms with Crippen LogP contribution in [-0.2, 0) is 14.3 Å². The number of rotatable bonds is 7. The molecule has 1 unspecified atom stereocenters. The van der Waals surface area contributed by atoms with Gasteiger partial charge in [-0.2, -0.15) is 0 Å². The Morgan fingerprint density at radius 2 is 2.05 bits per heavy atom. The van der Waals surface area contributed by atoms with Crippen LogP contribution in [0.5, 0.6) is 0 Å². The zero-order valence-electron chi connectivity index (χ0n) is 14.4. The molecule has 0 spiro atoms. The molecule has 124 valence electrons. The van der Waals surface area contributed by atoms with Crippen LogP contribution in [0, 0.1) is 11.8 Å². The second-order valence-corrected chi connectivity index (χ2v) is 6.84. The van der Waals surface area contributed by atoms with E-state index >= 15 is 0 Å². The summed E-state index contributed by atoms with van der Waals surface area (Å²) in [4.78, 5) is 26.9. The number of hydrogen-bond acceptors (Lipinski definition) is 4. The van der Waals surface area contributed by atoms with Gasteiger partial charge in [-0.25, -0.2) is 0 Å². The van der Waals surface area contributed by atoms with Crippen molar-refractivity contribution in [3.05, 3.63) is 11.1 Å². The summed E-state index contributed by atoms with van der Waals surface area (Å²) in [5, 5.41) is 0. The minimum absolute atomic E-state index is 0.159. The first kappa shape index (κ1) is 17.2. The van der Waals surface area contributed by atoms with E-state index in [2.05, 4.69) is 11.8 Å². The fraction of sp³-hybridized carbons (Fsp3) is 0.778. The first-order chi connectivity index (χ1) is 10.5. The van der Waals surface area contributed by atoms with E-state index in [1.165, 1.54) is 5.57 Å². The van der Waals surface area contributed by atoms with Gasteiger partial charge in [-0.15, -0.1) is 0 Å². The summed E-state index contributed by atoms with van der Waals surface area (Å²) in [6, 6.07) is -0.243. The topological polar surface area (TPSA) is 46.6 Å². The van der Waals surface area contributed by atoms with Crippen molar-refractivity contribution in [1.29, 1.82) is 0 Å². The van der Waals surface area contributed by atoms with Gasteiger partial charge in [-0.3, -0.25) is 14.5 Å². The van der Waals surface area contributed by atoms with Crippen LogP contribution in [0.1, 0.15) is 53.4 Å². The highest BCUT2D eigenvalue weighted by Crippen LogP contribution is 2.37. The van der Waals surface area contributed by atoms with Gasteiger partial charge < -0.3 is 4.74 Å². The normalized spacial score (nSPS) is 23.3. The van der Waals surface area contributed by atoms with E-state index in [4.69, 9.17) is 4.74 Å². The largest absolute Gasteiger partial charge is 0.465 e. The van der Waals surface area contributed by atoms with Gasteiger partial charge in [0.05, 0.1) is 6.61 Å². The van der Waals surface area contributed by atoms with Crippen molar-refractivity contribution < 1.29 is 14.3 Å². The molecular formula is C18H29NO3. The molecule has 0 fully saturated rings. The summed E-state index contributed by atoms with van der Waals surface area (Å²) < 4.78 is 5.22. The molecular weight excluding hydrogens is 278 g/mol. The fourth-order valence-corrected chi connectivity index (χ4v) is 3.74. The van der Waals surface area contributed by atoms with Crippen LogP contribution in [0.25, 0.3) is 0 Å². The van der Waals surface area contributed by atoms with Gasteiger partial charge in [0.25, 0.3) is 0 Å². The predicted molar refractivity (Wildman–Crippen MR) is 86.5 cm³/mol. The third-order valence-corrected chi connectivity index (χ3v) is 4.80. The van der Waals surface area contributed by atoms with Gasteiger partial charge >= 0.3 is 5.97 Å². The zero-order chi connectivity index (χ0) is 16.3. The van der Waals surface area contributed by atoms with E-state index in [-0.39, 0.29) is 23.8 Å². The summed E-state index contributed by atoms with van der Waals surface area (Å²) in [6.07, 6.45) is 4.17. The Morgan fingerprint density at radius 1 is 1.32 bits per heavy atom. The molecule has 2 rings (SSSR count). The molecule has 0 aromatic carbocycles. The van der Waals surface area contributed by atoms with Gasteiger partial charge in [0.15, 0.2) is 5.78 Å². The highest BCUT2D eigenvalue weighted by molar-refractivity contribution is 6.01. The molecule has 2 aliphatic rings. The third kappa shape index (κ3) is 3.43. The zero-order valence-corrected chi connectivity index (χ0v) is 14.4. The SMILES string of the molecule is CCCCC1CC2=C(CN([C@H](C(=O)OCC)C(C)C)C2)C1=O. The lowest BCUT2D eigenvalue weighted by molar-refractivity contribution is -0.151. The van der Waals surface area contributed by atoms with E-state index < -0.39 is 0 Å². The molecule has 2 atom stereocenters. The molecule has 0 saturated carbocycles. The molecule has 0 saturated heterocycles. The summed E-state index contributed by atoms with van der Waals surface area (Å²) in [7, 11) is 0. The number of unbranched alkanes of at least 4 members (excludes halogenated alkanes) is 1. The number of ketones is 1. The van der Waals surface area contributed by atoms with Crippen molar-refractivity contribution in [2.24, 2.45) is 11.8 Å². The number of carbonyl (C=O) groups is 2. The Bertz CT molecular complexity index is 467. The number of hydrogen-bond donors (Lipinski definition) is 0. The third-order valence-electron chi connectivity index (χ3n) is 4.80. The van der Waals surface area contributed by atoms with E-state index in [1.807, 2.05) is 20.8 Å². The number of ether oxygens (including phenoxy) is 1. The van der Waals surface area contributed by atoms with Crippen molar-refractivity contribution in [3.63, 3.8) is 0 Å². The monoisotopic (exact) mass is 307 g/mol. The van der Waals surface area contributed by atoms with Crippen LogP contribution in [0.2, 0.25) is 0 Å². The van der Waals surface area contributed by atoms with E-state index in [0.29, 0.717) is 18.9 Å². The quantitative estimate of drug-likeness (QED) is 0.678. The molecule has 1 aliphatic carbocycles. The lowest BCUT2D eigenvalue weighted by atomic mass is 9.95. The number of likely N-dealkylation sites (tertiary alicyclic amines) is 1.